The van der Waals surface area contributed by atoms with E-state index in [1.165, 1.54) is 4.90 Å². The van der Waals surface area contributed by atoms with Gasteiger partial charge in [-0.3, -0.25) is 9.59 Å². The first-order valence-corrected chi connectivity index (χ1v) is 6.92. The fourth-order valence-electron chi connectivity index (χ4n) is 2.16. The highest BCUT2D eigenvalue weighted by molar-refractivity contribution is 5.78. The number of piperidine rings is 1. The second-order valence-corrected chi connectivity index (χ2v) is 4.85. The molecule has 0 aromatic carbocycles. The number of carbonyl (C=O) groups excluding carboxylic acids is 2. The molecule has 1 atom stereocenters. The molecule has 0 unspecified atom stereocenters. The van der Waals surface area contributed by atoms with Crippen molar-refractivity contribution in [1.82, 2.24) is 4.90 Å². The summed E-state index contributed by atoms with van der Waals surface area (Å²) >= 11 is 0. The summed E-state index contributed by atoms with van der Waals surface area (Å²) in [6.07, 6.45) is -3.17. The Kier molecular flexibility index (Phi) is 6.94. The number of ether oxygens (including phenoxy) is 2. The molecule has 1 saturated heterocycles. The largest absolute Gasteiger partial charge is 0.466 e. The monoisotopic (exact) mass is 311 g/mol. The van der Waals surface area contributed by atoms with Crippen molar-refractivity contribution in [1.29, 1.82) is 0 Å². The second-order valence-electron chi connectivity index (χ2n) is 4.85. The molecule has 1 rings (SSSR count). The maximum absolute atomic E-state index is 11.9. The van der Waals surface area contributed by atoms with Crippen LogP contribution >= 0.6 is 0 Å². The van der Waals surface area contributed by atoms with Crippen LogP contribution < -0.4 is 0 Å². The number of carbonyl (C=O) groups is 2. The summed E-state index contributed by atoms with van der Waals surface area (Å²) in [4.78, 5) is 25.0. The Morgan fingerprint density at radius 3 is 2.67 bits per heavy atom. The Bertz CT molecular complexity index is 360. The Hall–Kier alpha value is -1.31. The van der Waals surface area contributed by atoms with Gasteiger partial charge in [0.05, 0.1) is 25.6 Å². The molecule has 21 heavy (non-hydrogen) atoms. The van der Waals surface area contributed by atoms with Gasteiger partial charge >= 0.3 is 12.1 Å². The van der Waals surface area contributed by atoms with Gasteiger partial charge in [-0.2, -0.15) is 13.2 Å². The maximum atomic E-state index is 11.9. The normalized spacial score (nSPS) is 19.4. The van der Waals surface area contributed by atoms with Gasteiger partial charge in [0.2, 0.25) is 5.91 Å². The fourth-order valence-corrected chi connectivity index (χ4v) is 2.16. The number of hydrogen-bond acceptors (Lipinski definition) is 4. The molecule has 0 radical (unpaired) electrons. The van der Waals surface area contributed by atoms with Gasteiger partial charge in [0.25, 0.3) is 0 Å². The molecule has 1 aliphatic rings. The molecule has 0 saturated carbocycles. The minimum absolute atomic E-state index is 0.119. The van der Waals surface area contributed by atoms with E-state index >= 15 is 0 Å². The van der Waals surface area contributed by atoms with Crippen LogP contribution in [0.25, 0.3) is 0 Å². The van der Waals surface area contributed by atoms with Gasteiger partial charge in [-0.15, -0.1) is 0 Å². The number of esters is 1. The lowest BCUT2D eigenvalue weighted by Crippen LogP contribution is -2.43. The molecular formula is C13H20F3NO4. The van der Waals surface area contributed by atoms with Gasteiger partial charge in [0.1, 0.15) is 6.61 Å². The van der Waals surface area contributed by atoms with Gasteiger partial charge in [0, 0.05) is 13.1 Å². The molecule has 0 bridgehead atoms. The molecule has 5 nitrogen and oxygen atoms in total. The molecule has 8 heteroatoms. The zero-order valence-electron chi connectivity index (χ0n) is 11.9. The van der Waals surface area contributed by atoms with Crippen molar-refractivity contribution < 1.29 is 32.2 Å². The van der Waals surface area contributed by atoms with Gasteiger partial charge in [-0.25, -0.2) is 0 Å². The molecule has 1 heterocycles. The van der Waals surface area contributed by atoms with Crippen molar-refractivity contribution in [2.24, 2.45) is 5.92 Å². The van der Waals surface area contributed by atoms with Crippen molar-refractivity contribution in [3.05, 3.63) is 0 Å². The van der Waals surface area contributed by atoms with E-state index in [2.05, 4.69) is 4.74 Å². The van der Waals surface area contributed by atoms with E-state index in [4.69, 9.17) is 4.74 Å². The van der Waals surface area contributed by atoms with Gasteiger partial charge in [-0.1, -0.05) is 0 Å². The maximum Gasteiger partial charge on any atom is 0.411 e. The minimum atomic E-state index is -4.39. The Morgan fingerprint density at radius 1 is 1.33 bits per heavy atom. The first-order chi connectivity index (χ1) is 9.83. The van der Waals surface area contributed by atoms with Crippen molar-refractivity contribution >= 4 is 11.9 Å². The SMILES string of the molecule is CCOC(=O)[C@@H]1CCCN(C(=O)CCOCC(F)(F)F)C1. The number of halogens is 3. The van der Waals surface area contributed by atoms with Crippen LogP contribution in [0, 0.1) is 5.92 Å². The summed E-state index contributed by atoms with van der Waals surface area (Å²) < 4.78 is 45.0. The third kappa shape index (κ3) is 6.79. The number of nitrogens with zero attached hydrogens (tertiary/aromatic N) is 1. The average Bonchev–Trinajstić information content (AvgIpc) is 2.43. The molecule has 0 spiro atoms. The summed E-state index contributed by atoms with van der Waals surface area (Å²) in [5.74, 6) is -0.978. The molecule has 0 aliphatic carbocycles. The average molecular weight is 311 g/mol. The molecule has 0 N–H and O–H groups in total. The summed E-state index contributed by atoms with van der Waals surface area (Å²) in [7, 11) is 0. The number of likely N-dealkylation sites (tertiary alicyclic amines) is 1. The van der Waals surface area contributed by atoms with Crippen molar-refractivity contribution in [2.75, 3.05) is 32.9 Å². The third-order valence-electron chi connectivity index (χ3n) is 3.12. The first-order valence-electron chi connectivity index (χ1n) is 6.92. The Morgan fingerprint density at radius 2 is 2.05 bits per heavy atom. The Balaban J connectivity index is 2.32. The fraction of sp³-hybridized carbons (Fsp3) is 0.846. The number of amides is 1. The number of hydrogen-bond donors (Lipinski definition) is 0. The summed E-state index contributed by atoms with van der Waals surface area (Å²) in [5, 5.41) is 0. The predicted octanol–water partition coefficient (Wildman–Crippen LogP) is 1.76. The van der Waals surface area contributed by atoms with Crippen LogP contribution in [0.1, 0.15) is 26.2 Å². The summed E-state index contributed by atoms with van der Waals surface area (Å²) in [5.41, 5.74) is 0. The van der Waals surface area contributed by atoms with Crippen LogP contribution in [0.3, 0.4) is 0 Å². The Labute approximate surface area is 121 Å². The van der Waals surface area contributed by atoms with Crippen molar-refractivity contribution in [2.45, 2.75) is 32.4 Å². The molecule has 0 aromatic rings. The van der Waals surface area contributed by atoms with Crippen LogP contribution in [0.15, 0.2) is 0 Å². The lowest BCUT2D eigenvalue weighted by molar-refractivity contribution is -0.175. The highest BCUT2D eigenvalue weighted by atomic mass is 19.4. The zero-order chi connectivity index (χ0) is 15.9. The van der Waals surface area contributed by atoms with E-state index < -0.39 is 12.8 Å². The van der Waals surface area contributed by atoms with E-state index in [9.17, 15) is 22.8 Å². The zero-order valence-corrected chi connectivity index (χ0v) is 11.9. The number of alkyl halides is 3. The molecular weight excluding hydrogens is 291 g/mol. The lowest BCUT2D eigenvalue weighted by atomic mass is 9.98. The van der Waals surface area contributed by atoms with E-state index in [1.54, 1.807) is 6.92 Å². The van der Waals surface area contributed by atoms with Crippen LogP contribution in [0.2, 0.25) is 0 Å². The molecule has 1 fully saturated rings. The second kappa shape index (κ2) is 8.21. The third-order valence-corrected chi connectivity index (χ3v) is 3.12. The smallest absolute Gasteiger partial charge is 0.411 e. The van der Waals surface area contributed by atoms with Crippen LogP contribution in [-0.2, 0) is 19.1 Å². The predicted molar refractivity (Wildman–Crippen MR) is 67.4 cm³/mol. The summed E-state index contributed by atoms with van der Waals surface area (Å²) in [6.45, 7) is 1.13. The van der Waals surface area contributed by atoms with Gasteiger partial charge < -0.3 is 14.4 Å². The van der Waals surface area contributed by atoms with Crippen LogP contribution in [0.4, 0.5) is 13.2 Å². The van der Waals surface area contributed by atoms with Crippen molar-refractivity contribution in [3.8, 4) is 0 Å². The van der Waals surface area contributed by atoms with E-state index in [0.29, 0.717) is 19.4 Å². The first kappa shape index (κ1) is 17.7. The van der Waals surface area contributed by atoms with Gasteiger partial charge in [0.15, 0.2) is 0 Å². The van der Waals surface area contributed by atoms with E-state index in [1.807, 2.05) is 0 Å². The van der Waals surface area contributed by atoms with E-state index in [-0.39, 0.29) is 44.0 Å². The minimum Gasteiger partial charge on any atom is -0.466 e. The van der Waals surface area contributed by atoms with Crippen LogP contribution in [0.5, 0.6) is 0 Å². The van der Waals surface area contributed by atoms with Crippen molar-refractivity contribution in [3.63, 3.8) is 0 Å². The highest BCUT2D eigenvalue weighted by Crippen LogP contribution is 2.19. The lowest BCUT2D eigenvalue weighted by Gasteiger charge is -2.31. The molecule has 122 valence electrons. The highest BCUT2D eigenvalue weighted by Gasteiger charge is 2.30. The molecule has 1 aliphatic heterocycles. The topological polar surface area (TPSA) is 55.8 Å². The summed E-state index contributed by atoms with van der Waals surface area (Å²) in [6, 6.07) is 0. The van der Waals surface area contributed by atoms with Crippen LogP contribution in [-0.4, -0.2) is 55.9 Å². The standard InChI is InChI=1S/C13H20F3NO4/c1-2-21-12(19)10-4-3-6-17(8-10)11(18)5-7-20-9-13(14,15)16/h10H,2-9H2,1H3/t10-/m1/s1. The molecule has 0 aromatic heterocycles. The molecule has 1 amide bonds. The van der Waals surface area contributed by atoms with Gasteiger partial charge in [-0.05, 0) is 19.8 Å². The number of rotatable bonds is 6. The quantitative estimate of drug-likeness (QED) is 0.554. The van der Waals surface area contributed by atoms with E-state index in [0.717, 1.165) is 0 Å².